The predicted molar refractivity (Wildman–Crippen MR) is 113 cm³/mol. The van der Waals surface area contributed by atoms with Gasteiger partial charge in [0.2, 0.25) is 10.0 Å². The van der Waals surface area contributed by atoms with Gasteiger partial charge in [0.05, 0.1) is 27.2 Å². The lowest BCUT2D eigenvalue weighted by atomic mass is 10.0. The summed E-state index contributed by atoms with van der Waals surface area (Å²) in [5.74, 6) is 0.374. The number of carbonyl (C=O) groups is 1. The number of nitrogens with zero attached hydrogens (tertiary/aromatic N) is 1. The molecule has 150 valence electrons. The number of hydrogen-bond acceptors (Lipinski definition) is 4. The van der Waals surface area contributed by atoms with Crippen molar-refractivity contribution in [2.45, 2.75) is 24.7 Å². The Balaban J connectivity index is 1.66. The minimum absolute atomic E-state index is 0.0240. The number of halogens is 2. The number of ketones is 1. The number of carbonyl (C=O) groups excluding carboxylic acids is 1. The summed E-state index contributed by atoms with van der Waals surface area (Å²) in [5, 5.41) is 3.72. The molecular formula is C20H22Cl2N2O3S. The molecule has 1 aliphatic rings. The van der Waals surface area contributed by atoms with Crippen molar-refractivity contribution in [2.24, 2.45) is 5.92 Å². The highest BCUT2D eigenvalue weighted by Gasteiger charge is 2.28. The first-order chi connectivity index (χ1) is 13.3. The zero-order chi connectivity index (χ0) is 20.3. The van der Waals surface area contributed by atoms with Crippen LogP contribution < -0.4 is 5.32 Å². The van der Waals surface area contributed by atoms with Gasteiger partial charge in [-0.2, -0.15) is 4.31 Å². The van der Waals surface area contributed by atoms with Crippen molar-refractivity contribution < 1.29 is 13.2 Å². The Labute approximate surface area is 175 Å². The second-order valence-corrected chi connectivity index (χ2v) is 9.71. The number of piperidine rings is 1. The first-order valence-corrected chi connectivity index (χ1v) is 11.3. The van der Waals surface area contributed by atoms with E-state index in [1.54, 1.807) is 30.3 Å². The van der Waals surface area contributed by atoms with Crippen molar-refractivity contribution in [2.75, 3.05) is 25.0 Å². The van der Waals surface area contributed by atoms with Crippen molar-refractivity contribution in [1.82, 2.24) is 4.31 Å². The zero-order valence-electron chi connectivity index (χ0n) is 15.5. The van der Waals surface area contributed by atoms with Crippen LogP contribution >= 0.6 is 23.2 Å². The Morgan fingerprint density at radius 1 is 1.11 bits per heavy atom. The average Bonchev–Trinajstić information content (AvgIpc) is 2.69. The Morgan fingerprint density at radius 3 is 2.39 bits per heavy atom. The summed E-state index contributed by atoms with van der Waals surface area (Å²) < 4.78 is 27.0. The van der Waals surface area contributed by atoms with Crippen LogP contribution in [0.4, 0.5) is 5.69 Å². The van der Waals surface area contributed by atoms with Gasteiger partial charge in [-0.05, 0) is 55.2 Å². The molecule has 2 aromatic rings. The SMILES string of the molecule is CC1CCN(S(=O)(=O)c2ccc(C(=O)CNc3cccc(Cl)c3Cl)cc2)CC1. The normalized spacial score (nSPS) is 16.1. The molecule has 5 nitrogen and oxygen atoms in total. The lowest BCUT2D eigenvalue weighted by Gasteiger charge is -2.29. The fourth-order valence-electron chi connectivity index (χ4n) is 3.11. The first-order valence-electron chi connectivity index (χ1n) is 9.10. The smallest absolute Gasteiger partial charge is 0.243 e. The third kappa shape index (κ3) is 4.69. The van der Waals surface area contributed by atoms with E-state index in [-0.39, 0.29) is 17.2 Å². The fourth-order valence-corrected chi connectivity index (χ4v) is 4.94. The molecular weight excluding hydrogens is 419 g/mol. The molecule has 0 unspecified atom stereocenters. The van der Waals surface area contributed by atoms with Gasteiger partial charge in [-0.15, -0.1) is 0 Å². The predicted octanol–water partition coefficient (Wildman–Crippen LogP) is 4.71. The van der Waals surface area contributed by atoms with Crippen molar-refractivity contribution in [1.29, 1.82) is 0 Å². The van der Waals surface area contributed by atoms with Crippen molar-refractivity contribution in [3.63, 3.8) is 0 Å². The second kappa shape index (κ2) is 8.82. The molecule has 1 N–H and O–H groups in total. The molecule has 0 atom stereocenters. The molecule has 0 amide bonds. The van der Waals surface area contributed by atoms with Gasteiger partial charge in [0.1, 0.15) is 0 Å². The maximum atomic E-state index is 12.8. The van der Waals surface area contributed by atoms with E-state index in [0.717, 1.165) is 12.8 Å². The number of sulfonamides is 1. The third-order valence-corrected chi connectivity index (χ3v) is 7.68. The van der Waals surface area contributed by atoms with E-state index in [2.05, 4.69) is 12.2 Å². The number of hydrogen-bond donors (Lipinski definition) is 1. The summed E-state index contributed by atoms with van der Waals surface area (Å²) in [4.78, 5) is 12.6. The molecule has 1 heterocycles. The molecule has 0 radical (unpaired) electrons. The molecule has 0 spiro atoms. The van der Waals surface area contributed by atoms with E-state index < -0.39 is 10.0 Å². The lowest BCUT2D eigenvalue weighted by Crippen LogP contribution is -2.37. The molecule has 2 aromatic carbocycles. The minimum atomic E-state index is -3.52. The maximum Gasteiger partial charge on any atom is 0.243 e. The molecule has 1 saturated heterocycles. The van der Waals surface area contributed by atoms with Gasteiger partial charge in [-0.25, -0.2) is 8.42 Å². The van der Waals surface area contributed by atoms with E-state index in [1.165, 1.54) is 16.4 Å². The largest absolute Gasteiger partial charge is 0.376 e. The van der Waals surface area contributed by atoms with Gasteiger partial charge in [-0.1, -0.05) is 36.2 Å². The lowest BCUT2D eigenvalue weighted by molar-refractivity contribution is 0.101. The quantitative estimate of drug-likeness (QED) is 0.660. The molecule has 8 heteroatoms. The molecule has 3 rings (SSSR count). The summed E-state index contributed by atoms with van der Waals surface area (Å²) in [6, 6.07) is 11.2. The highest BCUT2D eigenvalue weighted by molar-refractivity contribution is 7.89. The summed E-state index contributed by atoms with van der Waals surface area (Å²) in [7, 11) is -3.52. The number of nitrogens with one attached hydrogen (secondary N) is 1. The van der Waals surface area contributed by atoms with Crippen LogP contribution in [0.2, 0.25) is 10.0 Å². The van der Waals surface area contributed by atoms with E-state index >= 15 is 0 Å². The molecule has 1 aliphatic heterocycles. The van der Waals surface area contributed by atoms with Crippen molar-refractivity contribution in [3.8, 4) is 0 Å². The molecule has 0 aromatic heterocycles. The zero-order valence-corrected chi connectivity index (χ0v) is 17.8. The Hall–Kier alpha value is -1.60. The van der Waals surface area contributed by atoms with Crippen molar-refractivity contribution in [3.05, 3.63) is 58.1 Å². The Bertz CT molecular complexity index is 954. The Morgan fingerprint density at radius 2 is 1.75 bits per heavy atom. The summed E-state index contributed by atoms with van der Waals surface area (Å²) >= 11 is 12.1. The van der Waals surface area contributed by atoms with Crippen molar-refractivity contribution >= 4 is 44.7 Å². The first kappa shape index (κ1) is 21.1. The van der Waals surface area contributed by atoms with E-state index in [4.69, 9.17) is 23.2 Å². The van der Waals surface area contributed by atoms with Gasteiger partial charge < -0.3 is 5.32 Å². The van der Waals surface area contributed by atoms with Crippen LogP contribution in [0.5, 0.6) is 0 Å². The van der Waals surface area contributed by atoms with Crippen LogP contribution in [0.1, 0.15) is 30.1 Å². The van der Waals surface area contributed by atoms with Crippen LogP contribution in [0.15, 0.2) is 47.4 Å². The number of anilines is 1. The van der Waals surface area contributed by atoms with E-state index in [9.17, 15) is 13.2 Å². The maximum absolute atomic E-state index is 12.8. The molecule has 0 bridgehead atoms. The van der Waals surface area contributed by atoms with E-state index in [1.807, 2.05) is 0 Å². The molecule has 28 heavy (non-hydrogen) atoms. The Kier molecular flexibility index (Phi) is 6.65. The summed E-state index contributed by atoms with van der Waals surface area (Å²) in [6.45, 7) is 3.23. The number of Topliss-reactive ketones (excluding diaryl/α,β-unsaturated/α-hetero) is 1. The van der Waals surface area contributed by atoms with Crippen LogP contribution in [0.25, 0.3) is 0 Å². The van der Waals surface area contributed by atoms with Gasteiger partial charge in [-0.3, -0.25) is 4.79 Å². The highest BCUT2D eigenvalue weighted by atomic mass is 35.5. The summed E-state index contributed by atoms with van der Waals surface area (Å²) in [6.07, 6.45) is 1.74. The third-order valence-electron chi connectivity index (χ3n) is 4.95. The summed E-state index contributed by atoms with van der Waals surface area (Å²) in [5.41, 5.74) is 0.998. The average molecular weight is 441 g/mol. The van der Waals surface area contributed by atoms with Gasteiger partial charge >= 0.3 is 0 Å². The van der Waals surface area contributed by atoms with Crippen LogP contribution in [-0.2, 0) is 10.0 Å². The number of rotatable bonds is 6. The van der Waals surface area contributed by atoms with Crippen LogP contribution in [-0.4, -0.2) is 38.1 Å². The number of benzene rings is 2. The highest BCUT2D eigenvalue weighted by Crippen LogP contribution is 2.29. The van der Waals surface area contributed by atoms with Crippen LogP contribution in [0.3, 0.4) is 0 Å². The molecule has 0 aliphatic carbocycles. The van der Waals surface area contributed by atoms with Gasteiger partial charge in [0, 0.05) is 18.7 Å². The topological polar surface area (TPSA) is 66.5 Å². The fraction of sp³-hybridized carbons (Fsp3) is 0.350. The standard InChI is InChI=1S/C20H22Cl2N2O3S/c1-14-9-11-24(12-10-14)28(26,27)16-7-5-15(6-8-16)19(25)13-23-18-4-2-3-17(21)20(18)22/h2-8,14,23H,9-13H2,1H3. The van der Waals surface area contributed by atoms with Gasteiger partial charge in [0.15, 0.2) is 5.78 Å². The molecule has 1 fully saturated rings. The minimum Gasteiger partial charge on any atom is -0.376 e. The van der Waals surface area contributed by atoms with Crippen LogP contribution in [0, 0.1) is 5.92 Å². The monoisotopic (exact) mass is 440 g/mol. The van der Waals surface area contributed by atoms with E-state index in [0.29, 0.717) is 40.3 Å². The van der Waals surface area contributed by atoms with Gasteiger partial charge in [0.25, 0.3) is 0 Å². The second-order valence-electron chi connectivity index (χ2n) is 6.99. The molecule has 0 saturated carbocycles.